The predicted octanol–water partition coefficient (Wildman–Crippen LogP) is 3.86. The molecule has 1 atom stereocenters. The van der Waals surface area contributed by atoms with E-state index in [1.807, 2.05) is 4.90 Å². The van der Waals surface area contributed by atoms with Gasteiger partial charge in [0, 0.05) is 19.6 Å². The molecule has 0 saturated carbocycles. The summed E-state index contributed by atoms with van der Waals surface area (Å²) in [4.78, 5) is 13.4. The van der Waals surface area contributed by atoms with Crippen molar-refractivity contribution in [3.63, 3.8) is 0 Å². The van der Waals surface area contributed by atoms with E-state index in [0.29, 0.717) is 37.4 Å². The number of benzene rings is 2. The molecule has 144 valence electrons. The Labute approximate surface area is 153 Å². The average Bonchev–Trinajstić information content (AvgIpc) is 2.61. The molecule has 1 N–H and O–H groups in total. The quantitative estimate of drug-likeness (QED) is 0.852. The van der Waals surface area contributed by atoms with Crippen LogP contribution in [0.15, 0.2) is 48.5 Å². The van der Waals surface area contributed by atoms with E-state index < -0.39 is 18.4 Å². The molecular formula is C19H18F3NO4. The summed E-state index contributed by atoms with van der Waals surface area (Å²) < 4.78 is 46.9. The summed E-state index contributed by atoms with van der Waals surface area (Å²) in [6, 6.07) is 12.5. The minimum absolute atomic E-state index is 0.237. The zero-order chi connectivity index (χ0) is 19.4. The van der Waals surface area contributed by atoms with Gasteiger partial charge in [-0.2, -0.15) is 0 Å². The van der Waals surface area contributed by atoms with Crippen LogP contribution in [0.25, 0.3) is 0 Å². The molecule has 1 saturated heterocycles. The number of carboxylic acid groups (broad SMARTS) is 1. The van der Waals surface area contributed by atoms with Gasteiger partial charge in [0.25, 0.3) is 0 Å². The molecule has 0 radical (unpaired) electrons. The number of hydrogen-bond acceptors (Lipinski definition) is 4. The summed E-state index contributed by atoms with van der Waals surface area (Å²) in [6.45, 7) is 1.85. The molecule has 5 nitrogen and oxygen atoms in total. The predicted molar refractivity (Wildman–Crippen MR) is 90.5 cm³/mol. The number of morpholine rings is 1. The van der Waals surface area contributed by atoms with Crippen LogP contribution in [-0.2, 0) is 11.3 Å². The standard InChI is InChI=1S/C19H18F3NO4/c20-19(21,22)27-15-6-3-5-13(10-15)17-12-23(8-9-26-17)11-14-4-1-2-7-16(14)18(24)25/h1-7,10,17H,8-9,11-12H2,(H,24,25). The van der Waals surface area contributed by atoms with Crippen LogP contribution in [0.2, 0.25) is 0 Å². The molecule has 0 amide bonds. The Balaban J connectivity index is 1.72. The van der Waals surface area contributed by atoms with Gasteiger partial charge >= 0.3 is 12.3 Å². The molecule has 1 unspecified atom stereocenters. The van der Waals surface area contributed by atoms with Crippen LogP contribution >= 0.6 is 0 Å². The average molecular weight is 381 g/mol. The molecule has 0 aromatic heterocycles. The van der Waals surface area contributed by atoms with Crippen molar-refractivity contribution in [1.29, 1.82) is 0 Å². The minimum atomic E-state index is -4.75. The number of carboxylic acids is 1. The van der Waals surface area contributed by atoms with E-state index in [9.17, 15) is 23.1 Å². The third-order valence-electron chi connectivity index (χ3n) is 4.26. The van der Waals surface area contributed by atoms with Crippen LogP contribution in [0.5, 0.6) is 5.75 Å². The van der Waals surface area contributed by atoms with Crippen molar-refractivity contribution in [2.45, 2.75) is 19.0 Å². The van der Waals surface area contributed by atoms with Gasteiger partial charge in [0.05, 0.1) is 18.3 Å². The molecule has 0 spiro atoms. The highest BCUT2D eigenvalue weighted by Gasteiger charge is 2.31. The van der Waals surface area contributed by atoms with Crippen molar-refractivity contribution >= 4 is 5.97 Å². The maximum absolute atomic E-state index is 12.4. The van der Waals surface area contributed by atoms with Crippen molar-refractivity contribution < 1.29 is 32.5 Å². The molecular weight excluding hydrogens is 363 g/mol. The highest BCUT2D eigenvalue weighted by atomic mass is 19.4. The third-order valence-corrected chi connectivity index (χ3v) is 4.26. The molecule has 0 aliphatic carbocycles. The van der Waals surface area contributed by atoms with Crippen LogP contribution in [-0.4, -0.2) is 42.0 Å². The van der Waals surface area contributed by atoms with E-state index in [2.05, 4.69) is 4.74 Å². The first-order valence-electron chi connectivity index (χ1n) is 8.33. The topological polar surface area (TPSA) is 59.0 Å². The summed E-state index contributed by atoms with van der Waals surface area (Å²) in [5, 5.41) is 9.30. The number of carbonyl (C=O) groups is 1. The number of nitrogens with zero attached hydrogens (tertiary/aromatic N) is 1. The molecule has 3 rings (SSSR count). The van der Waals surface area contributed by atoms with Crippen LogP contribution in [0.3, 0.4) is 0 Å². The number of halogens is 3. The summed E-state index contributed by atoms with van der Waals surface area (Å²) in [5.41, 5.74) is 1.49. The molecule has 8 heteroatoms. The van der Waals surface area contributed by atoms with E-state index >= 15 is 0 Å². The fourth-order valence-corrected chi connectivity index (χ4v) is 3.07. The second kappa shape index (κ2) is 7.98. The Morgan fingerprint density at radius 1 is 1.22 bits per heavy atom. The number of rotatable bonds is 5. The summed E-state index contributed by atoms with van der Waals surface area (Å²) in [6.07, 6.45) is -5.17. The SMILES string of the molecule is O=C(O)c1ccccc1CN1CCOC(c2cccc(OC(F)(F)F)c2)C1. The molecule has 2 aromatic rings. The van der Waals surface area contributed by atoms with E-state index in [0.717, 1.165) is 0 Å². The van der Waals surface area contributed by atoms with Crippen LogP contribution in [0.4, 0.5) is 13.2 Å². The highest BCUT2D eigenvalue weighted by molar-refractivity contribution is 5.89. The lowest BCUT2D eigenvalue weighted by molar-refractivity contribution is -0.274. The molecule has 27 heavy (non-hydrogen) atoms. The lowest BCUT2D eigenvalue weighted by atomic mass is 10.0. The fourth-order valence-electron chi connectivity index (χ4n) is 3.07. The van der Waals surface area contributed by atoms with E-state index in [1.54, 1.807) is 30.3 Å². The second-order valence-corrected chi connectivity index (χ2v) is 6.18. The summed E-state index contributed by atoms with van der Waals surface area (Å²) in [5.74, 6) is -1.29. The van der Waals surface area contributed by atoms with Crippen molar-refractivity contribution in [2.75, 3.05) is 19.7 Å². The van der Waals surface area contributed by atoms with Gasteiger partial charge in [0.2, 0.25) is 0 Å². The third kappa shape index (κ3) is 5.21. The van der Waals surface area contributed by atoms with Gasteiger partial charge in [-0.3, -0.25) is 4.90 Å². The minimum Gasteiger partial charge on any atom is -0.478 e. The van der Waals surface area contributed by atoms with Crippen LogP contribution in [0, 0.1) is 0 Å². The molecule has 0 bridgehead atoms. The normalized spacial score (nSPS) is 18.3. The molecule has 1 fully saturated rings. The zero-order valence-corrected chi connectivity index (χ0v) is 14.3. The van der Waals surface area contributed by atoms with Crippen molar-refractivity contribution in [3.8, 4) is 5.75 Å². The fraction of sp³-hybridized carbons (Fsp3) is 0.316. The van der Waals surface area contributed by atoms with Crippen LogP contribution < -0.4 is 4.74 Å². The van der Waals surface area contributed by atoms with Crippen molar-refractivity contribution in [3.05, 3.63) is 65.2 Å². The molecule has 1 heterocycles. The van der Waals surface area contributed by atoms with Crippen LogP contribution in [0.1, 0.15) is 27.6 Å². The van der Waals surface area contributed by atoms with Gasteiger partial charge in [0.15, 0.2) is 0 Å². The van der Waals surface area contributed by atoms with Gasteiger partial charge in [0.1, 0.15) is 5.75 Å². The largest absolute Gasteiger partial charge is 0.573 e. The first kappa shape index (κ1) is 19.2. The maximum Gasteiger partial charge on any atom is 0.573 e. The monoisotopic (exact) mass is 381 g/mol. The zero-order valence-electron chi connectivity index (χ0n) is 14.3. The molecule has 2 aromatic carbocycles. The first-order chi connectivity index (χ1) is 12.8. The van der Waals surface area contributed by atoms with Gasteiger partial charge < -0.3 is 14.6 Å². The lowest BCUT2D eigenvalue weighted by Crippen LogP contribution is -2.38. The first-order valence-corrected chi connectivity index (χ1v) is 8.33. The van der Waals surface area contributed by atoms with E-state index in [1.165, 1.54) is 18.2 Å². The number of aromatic carboxylic acids is 1. The number of hydrogen-bond donors (Lipinski definition) is 1. The van der Waals surface area contributed by atoms with Gasteiger partial charge in [-0.25, -0.2) is 4.79 Å². The Hall–Kier alpha value is -2.58. The summed E-state index contributed by atoms with van der Waals surface area (Å²) >= 11 is 0. The molecule has 1 aliphatic rings. The van der Waals surface area contributed by atoms with Gasteiger partial charge in [-0.15, -0.1) is 13.2 Å². The number of ether oxygens (including phenoxy) is 2. The maximum atomic E-state index is 12.4. The molecule has 1 aliphatic heterocycles. The Morgan fingerprint density at radius 2 is 2.00 bits per heavy atom. The Bertz CT molecular complexity index is 810. The van der Waals surface area contributed by atoms with E-state index in [-0.39, 0.29) is 11.3 Å². The van der Waals surface area contributed by atoms with Gasteiger partial charge in [-0.05, 0) is 29.3 Å². The van der Waals surface area contributed by atoms with Crippen molar-refractivity contribution in [1.82, 2.24) is 4.90 Å². The number of alkyl halides is 3. The lowest BCUT2D eigenvalue weighted by Gasteiger charge is -2.33. The Morgan fingerprint density at radius 3 is 2.74 bits per heavy atom. The Kier molecular flexibility index (Phi) is 5.67. The summed E-state index contributed by atoms with van der Waals surface area (Å²) in [7, 11) is 0. The van der Waals surface area contributed by atoms with Crippen molar-refractivity contribution in [2.24, 2.45) is 0 Å². The second-order valence-electron chi connectivity index (χ2n) is 6.18. The van der Waals surface area contributed by atoms with E-state index in [4.69, 9.17) is 4.74 Å². The highest BCUT2D eigenvalue weighted by Crippen LogP contribution is 2.29. The smallest absolute Gasteiger partial charge is 0.478 e. The van der Waals surface area contributed by atoms with Gasteiger partial charge in [-0.1, -0.05) is 30.3 Å².